The number of sulfonamides is 1. The number of carbonyl (C=O) groups excluding carboxylic acids is 1. The Morgan fingerprint density at radius 3 is 1.87 bits per heavy atom. The SMILES string of the molecule is Cc1ccc(S(=O)(=O)N2[C@H](CC=O)CC[C@@H](OCc3ccccc3)[C@@H]2CO[Si](c2ccccc2)(c2ccccc2)C(C)(C)C)cc1. The highest BCUT2D eigenvalue weighted by Crippen LogP contribution is 2.39. The third-order valence-corrected chi connectivity index (χ3v) is 16.1. The van der Waals surface area contributed by atoms with Gasteiger partial charge in [-0.05, 0) is 52.9 Å². The van der Waals surface area contributed by atoms with Crippen LogP contribution in [0.1, 0.15) is 51.2 Å². The van der Waals surface area contributed by atoms with Gasteiger partial charge in [-0.3, -0.25) is 0 Å². The van der Waals surface area contributed by atoms with Gasteiger partial charge in [0, 0.05) is 12.5 Å². The van der Waals surface area contributed by atoms with Gasteiger partial charge in [0.15, 0.2) is 0 Å². The van der Waals surface area contributed by atoms with E-state index < -0.39 is 36.5 Å². The summed E-state index contributed by atoms with van der Waals surface area (Å²) in [6.07, 6.45) is 1.61. The van der Waals surface area contributed by atoms with Crippen LogP contribution in [0.2, 0.25) is 5.04 Å². The second kappa shape index (κ2) is 14.6. The van der Waals surface area contributed by atoms with Crippen LogP contribution in [0, 0.1) is 6.92 Å². The first-order valence-corrected chi connectivity index (χ1v) is 19.4. The number of benzene rings is 4. The Hall–Kier alpha value is -3.40. The van der Waals surface area contributed by atoms with E-state index in [2.05, 4.69) is 45.0 Å². The van der Waals surface area contributed by atoms with Crippen molar-refractivity contribution in [1.29, 1.82) is 0 Å². The summed E-state index contributed by atoms with van der Waals surface area (Å²) in [6.45, 7) is 9.02. The fraction of sp³-hybridized carbons (Fsp3) is 0.342. The van der Waals surface area contributed by atoms with Crippen LogP contribution in [0.4, 0.5) is 0 Å². The Morgan fingerprint density at radius 1 is 0.804 bits per heavy atom. The van der Waals surface area contributed by atoms with Gasteiger partial charge in [0.05, 0.1) is 30.3 Å². The average Bonchev–Trinajstić information content (AvgIpc) is 3.05. The monoisotopic (exact) mass is 655 g/mol. The molecule has 4 aromatic rings. The molecular weight excluding hydrogens is 611 g/mol. The molecule has 0 aliphatic carbocycles. The van der Waals surface area contributed by atoms with Crippen molar-refractivity contribution < 1.29 is 22.4 Å². The van der Waals surface area contributed by atoms with Gasteiger partial charge in [-0.1, -0.05) is 129 Å². The standard InChI is InChI=1S/C38H45NO5SSi/c1-30-20-23-33(24-21-30)45(41,42)39-32(26-27-40)22-25-37(43-28-31-14-8-5-9-15-31)36(39)29-44-46(38(2,3)4,34-16-10-6-11-17-34)35-18-12-7-13-19-35/h5-21,23-24,27,32,36-37H,22,25-26,28-29H2,1-4H3/t32-,36-,37+/m0/s1. The van der Waals surface area contributed by atoms with Crippen LogP contribution in [0.3, 0.4) is 0 Å². The first kappa shape index (κ1) is 33.9. The Morgan fingerprint density at radius 2 is 1.35 bits per heavy atom. The lowest BCUT2D eigenvalue weighted by molar-refractivity contribution is -0.110. The van der Waals surface area contributed by atoms with Crippen molar-refractivity contribution in [3.8, 4) is 0 Å². The number of hydrogen-bond donors (Lipinski definition) is 0. The van der Waals surface area contributed by atoms with Gasteiger partial charge in [0.2, 0.25) is 10.0 Å². The van der Waals surface area contributed by atoms with Crippen LogP contribution in [-0.4, -0.2) is 52.1 Å². The van der Waals surface area contributed by atoms with Gasteiger partial charge in [0.1, 0.15) is 6.29 Å². The minimum absolute atomic E-state index is 0.103. The lowest BCUT2D eigenvalue weighted by atomic mass is 9.94. The smallest absolute Gasteiger partial charge is 0.261 e. The van der Waals surface area contributed by atoms with E-state index in [0.717, 1.165) is 27.8 Å². The quantitative estimate of drug-likeness (QED) is 0.133. The van der Waals surface area contributed by atoms with Crippen molar-refractivity contribution in [2.24, 2.45) is 0 Å². The summed E-state index contributed by atoms with van der Waals surface area (Å²) in [5.41, 5.74) is 1.98. The molecule has 3 atom stereocenters. The number of rotatable bonds is 12. The first-order chi connectivity index (χ1) is 22.1. The van der Waals surface area contributed by atoms with E-state index in [1.54, 1.807) is 16.4 Å². The van der Waals surface area contributed by atoms with E-state index in [9.17, 15) is 13.2 Å². The Bertz CT molecular complexity index is 1620. The zero-order valence-corrected chi connectivity index (χ0v) is 29.0. The summed E-state index contributed by atoms with van der Waals surface area (Å²) in [7, 11) is -7.03. The zero-order chi connectivity index (χ0) is 32.8. The first-order valence-electron chi connectivity index (χ1n) is 16.0. The number of nitrogens with zero attached hydrogens (tertiary/aromatic N) is 1. The fourth-order valence-electron chi connectivity index (χ4n) is 6.77. The highest BCUT2D eigenvalue weighted by atomic mass is 32.2. The van der Waals surface area contributed by atoms with Crippen LogP contribution in [-0.2, 0) is 30.6 Å². The molecule has 46 heavy (non-hydrogen) atoms. The van der Waals surface area contributed by atoms with Crippen molar-refractivity contribution in [3.63, 3.8) is 0 Å². The predicted octanol–water partition coefficient (Wildman–Crippen LogP) is 6.27. The van der Waals surface area contributed by atoms with Gasteiger partial charge in [-0.2, -0.15) is 4.31 Å². The second-order valence-corrected chi connectivity index (χ2v) is 19.3. The van der Waals surface area contributed by atoms with Crippen LogP contribution in [0.5, 0.6) is 0 Å². The molecule has 0 unspecified atom stereocenters. The van der Waals surface area contributed by atoms with E-state index >= 15 is 0 Å². The lowest BCUT2D eigenvalue weighted by Gasteiger charge is -2.48. The molecule has 0 N–H and O–H groups in total. The van der Waals surface area contributed by atoms with E-state index in [1.807, 2.05) is 85.8 Å². The molecule has 1 heterocycles. The van der Waals surface area contributed by atoms with Gasteiger partial charge in [-0.15, -0.1) is 0 Å². The van der Waals surface area contributed by atoms with Gasteiger partial charge in [-0.25, -0.2) is 8.42 Å². The van der Waals surface area contributed by atoms with Crippen LogP contribution >= 0.6 is 0 Å². The predicted molar refractivity (Wildman–Crippen MR) is 186 cm³/mol. The summed E-state index contributed by atoms with van der Waals surface area (Å²) in [6, 6.07) is 36.3. The minimum atomic E-state index is -4.02. The maximum Gasteiger partial charge on any atom is 0.261 e. The highest BCUT2D eigenvalue weighted by molar-refractivity contribution is 7.89. The van der Waals surface area contributed by atoms with E-state index in [0.29, 0.717) is 19.4 Å². The van der Waals surface area contributed by atoms with Gasteiger partial charge >= 0.3 is 0 Å². The molecule has 0 saturated carbocycles. The van der Waals surface area contributed by atoms with Crippen LogP contribution in [0.25, 0.3) is 0 Å². The van der Waals surface area contributed by atoms with Crippen LogP contribution in [0.15, 0.2) is 120 Å². The summed E-state index contributed by atoms with van der Waals surface area (Å²) in [5.74, 6) is 0. The van der Waals surface area contributed by atoms with Gasteiger partial charge < -0.3 is 14.0 Å². The molecule has 1 saturated heterocycles. The topological polar surface area (TPSA) is 72.9 Å². The van der Waals surface area contributed by atoms with Crippen molar-refractivity contribution in [2.75, 3.05) is 6.61 Å². The number of carbonyl (C=O) groups is 1. The summed E-state index contributed by atoms with van der Waals surface area (Å²) >= 11 is 0. The molecule has 0 amide bonds. The molecule has 0 bridgehead atoms. The van der Waals surface area contributed by atoms with Crippen molar-refractivity contribution in [1.82, 2.24) is 4.31 Å². The number of piperidine rings is 1. The maximum atomic E-state index is 14.6. The van der Waals surface area contributed by atoms with Crippen molar-refractivity contribution in [3.05, 3.63) is 126 Å². The molecular formula is C38H45NO5SSi. The Kier molecular flexibility index (Phi) is 10.8. The average molecular weight is 656 g/mol. The van der Waals surface area contributed by atoms with E-state index in [1.165, 1.54) is 0 Å². The third-order valence-electron chi connectivity index (χ3n) is 9.06. The lowest BCUT2D eigenvalue weighted by Crippen LogP contribution is -2.68. The van der Waals surface area contributed by atoms with E-state index in [4.69, 9.17) is 9.16 Å². The molecule has 1 aliphatic rings. The molecule has 5 rings (SSSR count). The molecule has 0 aromatic heterocycles. The largest absolute Gasteiger partial charge is 0.406 e. The molecule has 6 nitrogen and oxygen atoms in total. The molecule has 242 valence electrons. The Balaban J connectivity index is 1.62. The van der Waals surface area contributed by atoms with Crippen LogP contribution < -0.4 is 10.4 Å². The summed E-state index contributed by atoms with van der Waals surface area (Å²) in [5, 5.41) is 1.93. The third kappa shape index (κ3) is 7.11. The maximum absolute atomic E-state index is 14.6. The zero-order valence-electron chi connectivity index (χ0n) is 27.2. The Labute approximate surface area is 275 Å². The van der Waals surface area contributed by atoms with Crippen molar-refractivity contribution >= 4 is 35.0 Å². The highest BCUT2D eigenvalue weighted by Gasteiger charge is 2.52. The molecule has 1 fully saturated rings. The normalized spacial score (nSPS) is 19.5. The number of aldehydes is 1. The molecule has 0 radical (unpaired) electrons. The molecule has 0 spiro atoms. The van der Waals surface area contributed by atoms with E-state index in [-0.39, 0.29) is 23.0 Å². The fourth-order valence-corrected chi connectivity index (χ4v) is 13.2. The summed E-state index contributed by atoms with van der Waals surface area (Å²) in [4.78, 5) is 12.2. The molecule has 8 heteroatoms. The molecule has 4 aromatic carbocycles. The van der Waals surface area contributed by atoms with Gasteiger partial charge in [0.25, 0.3) is 8.32 Å². The second-order valence-electron chi connectivity index (χ2n) is 13.2. The summed E-state index contributed by atoms with van der Waals surface area (Å²) < 4.78 is 44.7. The van der Waals surface area contributed by atoms with Crippen molar-refractivity contribution in [2.45, 2.75) is 81.7 Å². The minimum Gasteiger partial charge on any atom is -0.406 e. The number of aryl methyl sites for hydroxylation is 1. The number of ether oxygens (including phenoxy) is 1. The number of hydrogen-bond acceptors (Lipinski definition) is 5. The molecule has 1 aliphatic heterocycles.